The van der Waals surface area contributed by atoms with Crippen LogP contribution in [0.25, 0.3) is 10.9 Å². The van der Waals surface area contributed by atoms with Gasteiger partial charge in [-0.2, -0.15) is 0 Å². The SMILES string of the molecule is CCCc1c(C(=O)O)[nH]c2ccc(CC)cc12. The molecule has 90 valence electrons. The summed E-state index contributed by atoms with van der Waals surface area (Å²) in [4.78, 5) is 14.2. The molecule has 0 amide bonds. The Kier molecular flexibility index (Phi) is 3.18. The molecule has 0 saturated heterocycles. The number of carbonyl (C=O) groups is 1. The maximum absolute atomic E-state index is 11.2. The largest absolute Gasteiger partial charge is 0.477 e. The smallest absolute Gasteiger partial charge is 0.352 e. The second kappa shape index (κ2) is 4.62. The Bertz CT molecular complexity index is 555. The summed E-state index contributed by atoms with van der Waals surface area (Å²) < 4.78 is 0. The highest BCUT2D eigenvalue weighted by Gasteiger charge is 2.16. The zero-order valence-corrected chi connectivity index (χ0v) is 10.2. The number of fused-ring (bicyclic) bond motifs is 1. The number of nitrogens with one attached hydrogen (secondary N) is 1. The van der Waals surface area contributed by atoms with Crippen molar-refractivity contribution in [2.75, 3.05) is 0 Å². The van der Waals surface area contributed by atoms with Crippen molar-refractivity contribution in [2.45, 2.75) is 33.1 Å². The van der Waals surface area contributed by atoms with Gasteiger partial charge in [-0.1, -0.05) is 26.3 Å². The molecule has 3 nitrogen and oxygen atoms in total. The molecule has 2 aromatic rings. The number of benzene rings is 1. The van der Waals surface area contributed by atoms with Crippen LogP contribution >= 0.6 is 0 Å². The maximum atomic E-state index is 11.2. The molecule has 3 heteroatoms. The third-order valence-corrected chi connectivity index (χ3v) is 3.09. The van der Waals surface area contributed by atoms with Gasteiger partial charge in [0.1, 0.15) is 5.69 Å². The molecular weight excluding hydrogens is 214 g/mol. The van der Waals surface area contributed by atoms with Gasteiger partial charge in [-0.25, -0.2) is 4.79 Å². The Labute approximate surface area is 100 Å². The van der Waals surface area contributed by atoms with Crippen LogP contribution in [0, 0.1) is 0 Å². The lowest BCUT2D eigenvalue weighted by Gasteiger charge is -2.00. The van der Waals surface area contributed by atoms with E-state index in [0.29, 0.717) is 5.69 Å². The Morgan fingerprint density at radius 1 is 1.35 bits per heavy atom. The predicted molar refractivity (Wildman–Crippen MR) is 68.6 cm³/mol. The molecule has 0 saturated carbocycles. The van der Waals surface area contributed by atoms with Crippen LogP contribution < -0.4 is 0 Å². The summed E-state index contributed by atoms with van der Waals surface area (Å²) in [6.07, 6.45) is 2.72. The minimum Gasteiger partial charge on any atom is -0.477 e. The first-order valence-electron chi connectivity index (χ1n) is 6.04. The zero-order chi connectivity index (χ0) is 12.4. The number of aromatic carboxylic acids is 1. The summed E-state index contributed by atoms with van der Waals surface area (Å²) in [5.74, 6) is -0.873. The summed E-state index contributed by atoms with van der Waals surface area (Å²) >= 11 is 0. The highest BCUT2D eigenvalue weighted by atomic mass is 16.4. The van der Waals surface area contributed by atoms with E-state index in [-0.39, 0.29) is 0 Å². The van der Waals surface area contributed by atoms with Crippen LogP contribution in [-0.2, 0) is 12.8 Å². The first kappa shape index (κ1) is 11.7. The van der Waals surface area contributed by atoms with Gasteiger partial charge in [-0.15, -0.1) is 0 Å². The average molecular weight is 231 g/mol. The molecular formula is C14H17NO2. The van der Waals surface area contributed by atoms with Crippen molar-refractivity contribution in [3.05, 3.63) is 35.0 Å². The van der Waals surface area contributed by atoms with Gasteiger partial charge in [0.25, 0.3) is 0 Å². The Morgan fingerprint density at radius 3 is 2.71 bits per heavy atom. The van der Waals surface area contributed by atoms with Gasteiger partial charge in [0, 0.05) is 10.9 Å². The Morgan fingerprint density at radius 2 is 2.12 bits per heavy atom. The normalized spacial score (nSPS) is 10.9. The van der Waals surface area contributed by atoms with Crippen molar-refractivity contribution in [2.24, 2.45) is 0 Å². The Hall–Kier alpha value is -1.77. The zero-order valence-electron chi connectivity index (χ0n) is 10.2. The summed E-state index contributed by atoms with van der Waals surface area (Å²) in [7, 11) is 0. The van der Waals surface area contributed by atoms with Crippen LogP contribution in [0.3, 0.4) is 0 Å². The lowest BCUT2D eigenvalue weighted by atomic mass is 10.0. The highest BCUT2D eigenvalue weighted by molar-refractivity contribution is 5.97. The molecule has 0 aliphatic heterocycles. The molecule has 0 unspecified atom stereocenters. The lowest BCUT2D eigenvalue weighted by Crippen LogP contribution is -2.00. The molecule has 17 heavy (non-hydrogen) atoms. The van der Waals surface area contributed by atoms with Crippen LogP contribution in [-0.4, -0.2) is 16.1 Å². The van der Waals surface area contributed by atoms with Gasteiger partial charge in [0.2, 0.25) is 0 Å². The lowest BCUT2D eigenvalue weighted by molar-refractivity contribution is 0.0690. The molecule has 1 aromatic carbocycles. The van der Waals surface area contributed by atoms with Gasteiger partial charge in [-0.3, -0.25) is 0 Å². The van der Waals surface area contributed by atoms with E-state index in [2.05, 4.69) is 24.9 Å². The van der Waals surface area contributed by atoms with E-state index in [1.807, 2.05) is 12.1 Å². The summed E-state index contributed by atoms with van der Waals surface area (Å²) in [6, 6.07) is 6.11. The molecule has 0 aliphatic rings. The van der Waals surface area contributed by atoms with E-state index in [9.17, 15) is 9.90 Å². The monoisotopic (exact) mass is 231 g/mol. The van der Waals surface area contributed by atoms with Crippen LogP contribution in [0.5, 0.6) is 0 Å². The van der Waals surface area contributed by atoms with Gasteiger partial charge >= 0.3 is 5.97 Å². The second-order valence-electron chi connectivity index (χ2n) is 4.27. The minimum atomic E-state index is -0.873. The number of rotatable bonds is 4. The molecule has 0 fully saturated rings. The summed E-state index contributed by atoms with van der Waals surface area (Å²) in [6.45, 7) is 4.17. The van der Waals surface area contributed by atoms with Crippen molar-refractivity contribution in [3.63, 3.8) is 0 Å². The predicted octanol–water partition coefficient (Wildman–Crippen LogP) is 3.38. The van der Waals surface area contributed by atoms with E-state index in [0.717, 1.165) is 35.7 Å². The number of H-pyrrole nitrogens is 1. The fraction of sp³-hybridized carbons (Fsp3) is 0.357. The summed E-state index contributed by atoms with van der Waals surface area (Å²) in [5, 5.41) is 10.2. The number of hydrogen-bond acceptors (Lipinski definition) is 1. The van der Waals surface area contributed by atoms with Crippen molar-refractivity contribution >= 4 is 16.9 Å². The first-order valence-corrected chi connectivity index (χ1v) is 6.04. The van der Waals surface area contributed by atoms with Gasteiger partial charge in [0.05, 0.1) is 0 Å². The number of carboxylic acid groups (broad SMARTS) is 1. The molecule has 1 aromatic heterocycles. The van der Waals surface area contributed by atoms with Gasteiger partial charge < -0.3 is 10.1 Å². The number of hydrogen-bond donors (Lipinski definition) is 2. The van der Waals surface area contributed by atoms with Crippen molar-refractivity contribution in [1.82, 2.24) is 4.98 Å². The first-order chi connectivity index (χ1) is 8.17. The van der Waals surface area contributed by atoms with E-state index in [1.165, 1.54) is 5.56 Å². The second-order valence-corrected chi connectivity index (χ2v) is 4.27. The highest BCUT2D eigenvalue weighted by Crippen LogP contribution is 2.25. The number of aromatic amines is 1. The van der Waals surface area contributed by atoms with E-state index in [1.54, 1.807) is 0 Å². The molecule has 2 N–H and O–H groups in total. The minimum absolute atomic E-state index is 0.343. The fourth-order valence-electron chi connectivity index (χ4n) is 2.21. The molecule has 0 spiro atoms. The topological polar surface area (TPSA) is 53.1 Å². The molecule has 0 atom stereocenters. The molecule has 1 heterocycles. The van der Waals surface area contributed by atoms with E-state index >= 15 is 0 Å². The average Bonchev–Trinajstić information content (AvgIpc) is 2.68. The van der Waals surface area contributed by atoms with Crippen molar-refractivity contribution < 1.29 is 9.90 Å². The van der Waals surface area contributed by atoms with Crippen LogP contribution in [0.15, 0.2) is 18.2 Å². The van der Waals surface area contributed by atoms with Crippen LogP contribution in [0.1, 0.15) is 41.9 Å². The van der Waals surface area contributed by atoms with Gasteiger partial charge in [0.15, 0.2) is 0 Å². The maximum Gasteiger partial charge on any atom is 0.352 e. The third-order valence-electron chi connectivity index (χ3n) is 3.09. The third kappa shape index (κ3) is 2.05. The number of carboxylic acids is 1. The quantitative estimate of drug-likeness (QED) is 0.847. The fourth-order valence-corrected chi connectivity index (χ4v) is 2.21. The number of aromatic nitrogens is 1. The standard InChI is InChI=1S/C14H17NO2/c1-3-5-10-11-8-9(4-2)6-7-12(11)15-13(10)14(16)17/h6-8,15H,3-5H2,1-2H3,(H,16,17). The van der Waals surface area contributed by atoms with Crippen molar-refractivity contribution in [1.29, 1.82) is 0 Å². The molecule has 2 rings (SSSR count). The van der Waals surface area contributed by atoms with Gasteiger partial charge in [-0.05, 0) is 36.1 Å². The van der Waals surface area contributed by atoms with E-state index in [4.69, 9.17) is 0 Å². The van der Waals surface area contributed by atoms with Crippen LogP contribution in [0.2, 0.25) is 0 Å². The van der Waals surface area contributed by atoms with Crippen LogP contribution in [0.4, 0.5) is 0 Å². The molecule has 0 aliphatic carbocycles. The molecule has 0 bridgehead atoms. The Balaban J connectivity index is 2.67. The summed E-state index contributed by atoms with van der Waals surface area (Å²) in [5.41, 5.74) is 3.44. The molecule has 0 radical (unpaired) electrons. The van der Waals surface area contributed by atoms with Crippen molar-refractivity contribution in [3.8, 4) is 0 Å². The van der Waals surface area contributed by atoms with E-state index < -0.39 is 5.97 Å². The number of aryl methyl sites for hydroxylation is 2.